The van der Waals surface area contributed by atoms with Gasteiger partial charge in [-0.05, 0) is 56.7 Å². The fourth-order valence-electron chi connectivity index (χ4n) is 3.34. The Hall–Kier alpha value is -1.75. The molecule has 0 saturated carbocycles. The number of nitrogens with one attached hydrogen (secondary N) is 1. The van der Waals surface area contributed by atoms with Crippen LogP contribution in [0, 0.1) is 5.92 Å². The number of likely N-dealkylation sites (tertiary alicyclic amines) is 1. The zero-order chi connectivity index (χ0) is 17.7. The minimum absolute atomic E-state index is 0.0683. The molecule has 134 valence electrons. The van der Waals surface area contributed by atoms with Gasteiger partial charge in [0.15, 0.2) is 0 Å². The molecule has 0 aromatic heterocycles. The van der Waals surface area contributed by atoms with Crippen molar-refractivity contribution >= 4 is 6.03 Å². The summed E-state index contributed by atoms with van der Waals surface area (Å²) in [6.07, 6.45) is 2.71. The van der Waals surface area contributed by atoms with Crippen LogP contribution in [0.5, 0.6) is 5.75 Å². The minimum atomic E-state index is -0.859. The number of hydrogen-bond donors (Lipinski definition) is 2. The van der Waals surface area contributed by atoms with Crippen molar-refractivity contribution in [1.82, 2.24) is 10.2 Å². The van der Waals surface area contributed by atoms with Crippen LogP contribution in [0.2, 0.25) is 0 Å². The summed E-state index contributed by atoms with van der Waals surface area (Å²) in [6.45, 7) is 7.01. The van der Waals surface area contributed by atoms with Crippen molar-refractivity contribution in [2.45, 2.75) is 51.7 Å². The molecule has 1 fully saturated rings. The SMILES string of the molecule is COc1ccc(C[C@H](C)CNC(=O)N2CCC[C@@H]2C(C)(C)O)cc1. The maximum Gasteiger partial charge on any atom is 0.317 e. The fraction of sp³-hybridized carbons (Fsp3) is 0.632. The van der Waals surface area contributed by atoms with Gasteiger partial charge >= 0.3 is 6.03 Å². The predicted molar refractivity (Wildman–Crippen MR) is 95.3 cm³/mol. The van der Waals surface area contributed by atoms with Gasteiger partial charge in [-0.2, -0.15) is 0 Å². The lowest BCUT2D eigenvalue weighted by Crippen LogP contribution is -2.52. The summed E-state index contributed by atoms with van der Waals surface area (Å²) in [7, 11) is 1.66. The van der Waals surface area contributed by atoms with E-state index in [4.69, 9.17) is 4.74 Å². The molecule has 0 bridgehead atoms. The van der Waals surface area contributed by atoms with Crippen molar-refractivity contribution in [2.75, 3.05) is 20.2 Å². The summed E-state index contributed by atoms with van der Waals surface area (Å²) in [5.74, 6) is 1.19. The molecule has 2 N–H and O–H groups in total. The third kappa shape index (κ3) is 4.87. The zero-order valence-electron chi connectivity index (χ0n) is 15.2. The Morgan fingerprint density at radius 3 is 2.67 bits per heavy atom. The quantitative estimate of drug-likeness (QED) is 0.841. The van der Waals surface area contributed by atoms with E-state index in [0.29, 0.717) is 19.0 Å². The van der Waals surface area contributed by atoms with Crippen LogP contribution in [0.15, 0.2) is 24.3 Å². The Morgan fingerprint density at radius 2 is 2.08 bits per heavy atom. The van der Waals surface area contributed by atoms with Crippen LogP contribution in [0.3, 0.4) is 0 Å². The third-order valence-electron chi connectivity index (χ3n) is 4.67. The van der Waals surface area contributed by atoms with Gasteiger partial charge in [0.2, 0.25) is 0 Å². The molecule has 1 aromatic carbocycles. The molecule has 1 aliphatic heterocycles. The lowest BCUT2D eigenvalue weighted by Gasteiger charge is -2.34. The van der Waals surface area contributed by atoms with Crippen molar-refractivity contribution in [1.29, 1.82) is 0 Å². The molecule has 1 aliphatic rings. The largest absolute Gasteiger partial charge is 0.497 e. The number of ether oxygens (including phenoxy) is 1. The van der Waals surface area contributed by atoms with Gasteiger partial charge in [0.25, 0.3) is 0 Å². The first-order valence-corrected chi connectivity index (χ1v) is 8.71. The van der Waals surface area contributed by atoms with Gasteiger partial charge in [-0.25, -0.2) is 4.79 Å². The van der Waals surface area contributed by atoms with Crippen molar-refractivity contribution in [3.05, 3.63) is 29.8 Å². The van der Waals surface area contributed by atoms with Gasteiger partial charge in [-0.15, -0.1) is 0 Å². The summed E-state index contributed by atoms with van der Waals surface area (Å²) in [5.41, 5.74) is 0.371. The summed E-state index contributed by atoms with van der Waals surface area (Å²) < 4.78 is 5.16. The molecule has 5 heteroatoms. The lowest BCUT2D eigenvalue weighted by atomic mass is 9.97. The molecule has 5 nitrogen and oxygen atoms in total. The van der Waals surface area contributed by atoms with Crippen molar-refractivity contribution in [3.8, 4) is 5.75 Å². The van der Waals surface area contributed by atoms with Gasteiger partial charge in [-0.1, -0.05) is 19.1 Å². The summed E-state index contributed by atoms with van der Waals surface area (Å²) >= 11 is 0. The Morgan fingerprint density at radius 1 is 1.42 bits per heavy atom. The number of aliphatic hydroxyl groups is 1. The highest BCUT2D eigenvalue weighted by Crippen LogP contribution is 2.26. The van der Waals surface area contributed by atoms with E-state index in [-0.39, 0.29) is 12.1 Å². The highest BCUT2D eigenvalue weighted by Gasteiger charge is 2.38. The normalized spacial score (nSPS) is 19.2. The molecular weight excluding hydrogens is 304 g/mol. The first-order valence-electron chi connectivity index (χ1n) is 8.71. The number of benzene rings is 1. The average Bonchev–Trinajstić information content (AvgIpc) is 3.03. The van der Waals surface area contributed by atoms with Crippen LogP contribution in [-0.2, 0) is 6.42 Å². The molecule has 2 amide bonds. The van der Waals surface area contributed by atoms with Gasteiger partial charge in [0.05, 0.1) is 18.8 Å². The number of rotatable bonds is 6. The fourth-order valence-corrected chi connectivity index (χ4v) is 3.34. The monoisotopic (exact) mass is 334 g/mol. The highest BCUT2D eigenvalue weighted by molar-refractivity contribution is 5.75. The number of urea groups is 1. The van der Waals surface area contributed by atoms with Crippen molar-refractivity contribution in [3.63, 3.8) is 0 Å². The van der Waals surface area contributed by atoms with Gasteiger partial charge in [0, 0.05) is 13.1 Å². The molecule has 2 atom stereocenters. The highest BCUT2D eigenvalue weighted by atomic mass is 16.5. The number of hydrogen-bond acceptors (Lipinski definition) is 3. The smallest absolute Gasteiger partial charge is 0.317 e. The summed E-state index contributed by atoms with van der Waals surface area (Å²) in [5, 5.41) is 13.2. The molecule has 0 aliphatic carbocycles. The van der Waals surface area contributed by atoms with Crippen molar-refractivity contribution < 1.29 is 14.6 Å². The molecule has 1 saturated heterocycles. The van der Waals surface area contributed by atoms with Crippen LogP contribution in [-0.4, -0.2) is 47.9 Å². The summed E-state index contributed by atoms with van der Waals surface area (Å²) in [6, 6.07) is 7.86. The van der Waals surface area contributed by atoms with E-state index < -0.39 is 5.60 Å². The topological polar surface area (TPSA) is 61.8 Å². The molecule has 2 rings (SSSR count). The molecule has 24 heavy (non-hydrogen) atoms. The summed E-state index contributed by atoms with van der Waals surface area (Å²) in [4.78, 5) is 14.2. The minimum Gasteiger partial charge on any atom is -0.497 e. The van der Waals surface area contributed by atoms with E-state index in [9.17, 15) is 9.90 Å². The standard InChI is InChI=1S/C19H30N2O3/c1-14(12-15-7-9-16(24-4)10-8-15)13-20-18(22)21-11-5-6-17(21)19(2,3)23/h7-10,14,17,23H,5-6,11-13H2,1-4H3,(H,20,22)/t14-,17+/m0/s1. The van der Waals surface area contributed by atoms with E-state index in [1.54, 1.807) is 25.9 Å². The van der Waals surface area contributed by atoms with Crippen LogP contribution >= 0.6 is 0 Å². The zero-order valence-corrected chi connectivity index (χ0v) is 15.2. The molecular formula is C19H30N2O3. The van der Waals surface area contributed by atoms with E-state index in [1.165, 1.54) is 5.56 Å². The second kappa shape index (κ2) is 7.88. The Kier molecular flexibility index (Phi) is 6.10. The van der Waals surface area contributed by atoms with Crippen LogP contribution in [0.25, 0.3) is 0 Å². The third-order valence-corrected chi connectivity index (χ3v) is 4.67. The predicted octanol–water partition coefficient (Wildman–Crippen LogP) is 2.82. The van der Waals surface area contributed by atoms with E-state index in [2.05, 4.69) is 24.4 Å². The maximum absolute atomic E-state index is 12.4. The van der Waals surface area contributed by atoms with Gasteiger partial charge in [0.1, 0.15) is 5.75 Å². The number of carbonyl (C=O) groups is 1. The Labute approximate surface area is 145 Å². The second-order valence-electron chi connectivity index (χ2n) is 7.35. The first-order chi connectivity index (χ1) is 11.3. The number of carbonyl (C=O) groups excluding carboxylic acids is 1. The average molecular weight is 334 g/mol. The van der Waals surface area contributed by atoms with Gasteiger partial charge < -0.3 is 20.1 Å². The molecule has 0 spiro atoms. The Bertz CT molecular complexity index is 537. The molecule has 0 unspecified atom stereocenters. The molecule has 1 aromatic rings. The Balaban J connectivity index is 1.82. The van der Waals surface area contributed by atoms with Crippen LogP contribution in [0.4, 0.5) is 4.79 Å². The lowest BCUT2D eigenvalue weighted by molar-refractivity contribution is 0.00975. The molecule has 1 heterocycles. The van der Waals surface area contributed by atoms with E-state index in [0.717, 1.165) is 25.0 Å². The van der Waals surface area contributed by atoms with E-state index in [1.807, 2.05) is 12.1 Å². The molecule has 0 radical (unpaired) electrons. The first kappa shape index (κ1) is 18.6. The maximum atomic E-state index is 12.4. The van der Waals surface area contributed by atoms with E-state index >= 15 is 0 Å². The van der Waals surface area contributed by atoms with Gasteiger partial charge in [-0.3, -0.25) is 0 Å². The second-order valence-corrected chi connectivity index (χ2v) is 7.35. The number of methoxy groups -OCH3 is 1. The number of amides is 2. The van der Waals surface area contributed by atoms with Crippen LogP contribution < -0.4 is 10.1 Å². The van der Waals surface area contributed by atoms with Crippen molar-refractivity contribution in [2.24, 2.45) is 5.92 Å². The van der Waals surface area contributed by atoms with Crippen LogP contribution in [0.1, 0.15) is 39.2 Å². The number of nitrogens with zero attached hydrogens (tertiary/aromatic N) is 1.